The highest BCUT2D eigenvalue weighted by molar-refractivity contribution is 7.09. The Kier molecular flexibility index (Phi) is 3.02. The first-order chi connectivity index (χ1) is 5.36. The van der Waals surface area contributed by atoms with Crippen LogP contribution in [0.1, 0.15) is 5.01 Å². The van der Waals surface area contributed by atoms with Crippen LogP contribution in [0.4, 0.5) is 0 Å². The van der Waals surface area contributed by atoms with Crippen molar-refractivity contribution in [3.63, 3.8) is 0 Å². The molecule has 58 valence electrons. The van der Waals surface area contributed by atoms with Crippen molar-refractivity contribution in [3.8, 4) is 6.07 Å². The van der Waals surface area contributed by atoms with Gasteiger partial charge in [-0.15, -0.1) is 11.3 Å². The molecule has 0 aromatic carbocycles. The van der Waals surface area contributed by atoms with Gasteiger partial charge in [-0.2, -0.15) is 5.26 Å². The van der Waals surface area contributed by atoms with Gasteiger partial charge >= 0.3 is 0 Å². The molecule has 4 heteroatoms. The van der Waals surface area contributed by atoms with Crippen LogP contribution in [0.15, 0.2) is 11.6 Å². The topological polar surface area (TPSA) is 56.9 Å². The monoisotopic (exact) mass is 168 g/mol. The number of hydrogen-bond acceptors (Lipinski definition) is 4. The lowest BCUT2D eigenvalue weighted by Gasteiger charge is -1.99. The van der Waals surface area contributed by atoms with Crippen molar-refractivity contribution < 1.29 is 5.11 Å². The van der Waals surface area contributed by atoms with Crippen LogP contribution in [0.2, 0.25) is 0 Å². The summed E-state index contributed by atoms with van der Waals surface area (Å²) >= 11 is 1.51. The lowest BCUT2D eigenvalue weighted by Crippen LogP contribution is -2.06. The van der Waals surface area contributed by atoms with Crippen molar-refractivity contribution in [1.82, 2.24) is 4.98 Å². The Morgan fingerprint density at radius 3 is 3.09 bits per heavy atom. The Labute approximate surface area is 68.9 Å². The third kappa shape index (κ3) is 2.30. The van der Waals surface area contributed by atoms with Crippen molar-refractivity contribution in [1.29, 1.82) is 5.26 Å². The van der Waals surface area contributed by atoms with E-state index in [2.05, 4.69) is 4.98 Å². The van der Waals surface area contributed by atoms with Gasteiger partial charge in [-0.05, 0) is 0 Å². The second-order valence-electron chi connectivity index (χ2n) is 2.14. The Morgan fingerprint density at radius 1 is 1.82 bits per heavy atom. The molecule has 3 nitrogen and oxygen atoms in total. The first kappa shape index (κ1) is 8.18. The molecule has 0 aliphatic rings. The van der Waals surface area contributed by atoms with E-state index in [0.717, 1.165) is 5.01 Å². The summed E-state index contributed by atoms with van der Waals surface area (Å²) in [6.45, 7) is -0.0872. The third-order valence-electron chi connectivity index (χ3n) is 1.31. The van der Waals surface area contributed by atoms with Crippen LogP contribution < -0.4 is 0 Å². The van der Waals surface area contributed by atoms with Crippen molar-refractivity contribution in [2.24, 2.45) is 5.92 Å². The standard InChI is InChI=1S/C7H8N2OS/c8-4-6(5-10)3-7-9-1-2-11-7/h1-2,6,10H,3,5H2. The first-order valence-electron chi connectivity index (χ1n) is 3.25. The van der Waals surface area contributed by atoms with Crippen LogP contribution in [0.25, 0.3) is 0 Å². The number of hydrogen-bond donors (Lipinski definition) is 1. The number of aliphatic hydroxyl groups is 1. The normalized spacial score (nSPS) is 12.4. The predicted molar refractivity (Wildman–Crippen MR) is 42.0 cm³/mol. The molecule has 0 bridgehead atoms. The number of nitrogens with zero attached hydrogens (tertiary/aromatic N) is 2. The Morgan fingerprint density at radius 2 is 2.64 bits per heavy atom. The van der Waals surface area contributed by atoms with Crippen LogP contribution in [0.3, 0.4) is 0 Å². The van der Waals surface area contributed by atoms with Gasteiger partial charge in [-0.3, -0.25) is 0 Å². The van der Waals surface area contributed by atoms with E-state index < -0.39 is 0 Å². The summed E-state index contributed by atoms with van der Waals surface area (Å²) < 4.78 is 0. The molecule has 1 unspecified atom stereocenters. The highest BCUT2D eigenvalue weighted by atomic mass is 32.1. The second-order valence-corrected chi connectivity index (χ2v) is 3.12. The zero-order valence-electron chi connectivity index (χ0n) is 5.90. The van der Waals surface area contributed by atoms with Gasteiger partial charge in [-0.1, -0.05) is 0 Å². The van der Waals surface area contributed by atoms with Gasteiger partial charge < -0.3 is 5.11 Å². The summed E-state index contributed by atoms with van der Waals surface area (Å²) in [4.78, 5) is 4.01. The van der Waals surface area contributed by atoms with Crippen LogP contribution in [0.5, 0.6) is 0 Å². The highest BCUT2D eigenvalue weighted by Crippen LogP contribution is 2.10. The molecule has 0 spiro atoms. The molecule has 0 saturated heterocycles. The summed E-state index contributed by atoms with van der Waals surface area (Å²) in [5.74, 6) is -0.304. The number of aliphatic hydroxyl groups excluding tert-OH is 1. The van der Waals surface area contributed by atoms with E-state index in [0.29, 0.717) is 6.42 Å². The fourth-order valence-electron chi connectivity index (χ4n) is 0.716. The average molecular weight is 168 g/mol. The van der Waals surface area contributed by atoms with Gasteiger partial charge in [0.1, 0.15) is 0 Å². The number of rotatable bonds is 3. The number of aromatic nitrogens is 1. The molecular formula is C7H8N2OS. The summed E-state index contributed by atoms with van der Waals surface area (Å²) in [7, 11) is 0. The molecule has 1 aromatic rings. The summed E-state index contributed by atoms with van der Waals surface area (Å²) in [5.41, 5.74) is 0. The van der Waals surface area contributed by atoms with E-state index in [-0.39, 0.29) is 12.5 Å². The van der Waals surface area contributed by atoms with E-state index in [1.54, 1.807) is 6.20 Å². The second kappa shape index (κ2) is 4.06. The van der Waals surface area contributed by atoms with Crippen LogP contribution >= 0.6 is 11.3 Å². The maximum absolute atomic E-state index is 8.68. The summed E-state index contributed by atoms with van der Waals surface area (Å²) in [6.07, 6.45) is 2.26. The van der Waals surface area contributed by atoms with Gasteiger partial charge in [0.15, 0.2) is 0 Å². The minimum absolute atomic E-state index is 0.0872. The average Bonchev–Trinajstić information content (AvgIpc) is 2.52. The maximum Gasteiger partial charge on any atom is 0.0938 e. The molecule has 1 aromatic heterocycles. The zero-order chi connectivity index (χ0) is 8.10. The molecule has 11 heavy (non-hydrogen) atoms. The third-order valence-corrected chi connectivity index (χ3v) is 2.11. The van der Waals surface area contributed by atoms with Gasteiger partial charge in [0, 0.05) is 18.0 Å². The van der Waals surface area contributed by atoms with E-state index >= 15 is 0 Å². The first-order valence-corrected chi connectivity index (χ1v) is 4.13. The van der Waals surface area contributed by atoms with Crippen molar-refractivity contribution >= 4 is 11.3 Å². The van der Waals surface area contributed by atoms with Gasteiger partial charge in [0.2, 0.25) is 0 Å². The molecule has 0 saturated carbocycles. The molecule has 1 heterocycles. The van der Waals surface area contributed by atoms with Crippen molar-refractivity contribution in [2.75, 3.05) is 6.61 Å². The van der Waals surface area contributed by atoms with Gasteiger partial charge in [0.05, 0.1) is 23.6 Å². The number of thiazole rings is 1. The minimum Gasteiger partial charge on any atom is -0.395 e. The van der Waals surface area contributed by atoms with Gasteiger partial charge in [-0.25, -0.2) is 4.98 Å². The summed E-state index contributed by atoms with van der Waals surface area (Å²) in [5, 5.41) is 19.9. The largest absolute Gasteiger partial charge is 0.395 e. The van der Waals surface area contributed by atoms with Crippen LogP contribution in [0, 0.1) is 17.2 Å². The van der Waals surface area contributed by atoms with Crippen LogP contribution in [-0.2, 0) is 6.42 Å². The van der Waals surface area contributed by atoms with E-state index in [1.807, 2.05) is 11.4 Å². The number of nitriles is 1. The molecule has 0 amide bonds. The van der Waals surface area contributed by atoms with Crippen molar-refractivity contribution in [2.45, 2.75) is 6.42 Å². The SMILES string of the molecule is N#CC(CO)Cc1nccs1. The molecule has 0 radical (unpaired) electrons. The molecule has 1 atom stereocenters. The lowest BCUT2D eigenvalue weighted by atomic mass is 10.1. The van der Waals surface area contributed by atoms with Gasteiger partial charge in [0.25, 0.3) is 0 Å². The Balaban J connectivity index is 2.49. The highest BCUT2D eigenvalue weighted by Gasteiger charge is 2.07. The zero-order valence-corrected chi connectivity index (χ0v) is 6.71. The molecule has 1 rings (SSSR count). The Hall–Kier alpha value is -0.920. The maximum atomic E-state index is 8.68. The van der Waals surface area contributed by atoms with E-state index in [4.69, 9.17) is 10.4 Å². The minimum atomic E-state index is -0.304. The molecule has 0 aliphatic heterocycles. The molecular weight excluding hydrogens is 160 g/mol. The summed E-state index contributed by atoms with van der Waals surface area (Å²) in [6, 6.07) is 2.01. The molecule has 1 N–H and O–H groups in total. The quantitative estimate of drug-likeness (QED) is 0.726. The van der Waals surface area contributed by atoms with Crippen molar-refractivity contribution in [3.05, 3.63) is 16.6 Å². The van der Waals surface area contributed by atoms with E-state index in [9.17, 15) is 0 Å². The van der Waals surface area contributed by atoms with Crippen LogP contribution in [-0.4, -0.2) is 16.7 Å². The Bertz CT molecular complexity index is 239. The smallest absolute Gasteiger partial charge is 0.0938 e. The fourth-order valence-corrected chi connectivity index (χ4v) is 1.41. The van der Waals surface area contributed by atoms with E-state index in [1.165, 1.54) is 11.3 Å². The fraction of sp³-hybridized carbons (Fsp3) is 0.429. The predicted octanol–water partition coefficient (Wildman–Crippen LogP) is 0.818. The lowest BCUT2D eigenvalue weighted by molar-refractivity contribution is 0.255. The molecule has 0 fully saturated rings. The molecule has 0 aliphatic carbocycles.